The molecule has 0 unspecified atom stereocenters. The van der Waals surface area contributed by atoms with Crippen molar-refractivity contribution in [2.75, 3.05) is 12.4 Å². The van der Waals surface area contributed by atoms with Crippen LogP contribution in [0.2, 0.25) is 0 Å². The summed E-state index contributed by atoms with van der Waals surface area (Å²) in [6.07, 6.45) is 0. The second-order valence-electron chi connectivity index (χ2n) is 6.04. The van der Waals surface area contributed by atoms with Crippen LogP contribution in [-0.2, 0) is 10.4 Å². The second-order valence-corrected chi connectivity index (χ2v) is 6.04. The van der Waals surface area contributed by atoms with Crippen molar-refractivity contribution in [2.24, 2.45) is 0 Å². The molecule has 0 spiro atoms. The largest absolute Gasteiger partial charge is 0.495 e. The van der Waals surface area contributed by atoms with Gasteiger partial charge in [0.05, 0.1) is 12.8 Å². The molecular weight excluding hydrogens is 326 g/mol. The zero-order chi connectivity index (χ0) is 18.6. The number of aliphatic hydroxyl groups is 1. The lowest BCUT2D eigenvalue weighted by molar-refractivity contribution is -0.114. The number of rotatable bonds is 5. The van der Waals surface area contributed by atoms with E-state index in [9.17, 15) is 9.90 Å². The summed E-state index contributed by atoms with van der Waals surface area (Å²) >= 11 is 0. The van der Waals surface area contributed by atoms with Crippen molar-refractivity contribution in [3.63, 3.8) is 0 Å². The first-order valence-electron chi connectivity index (χ1n) is 8.35. The molecule has 132 valence electrons. The average Bonchev–Trinajstić information content (AvgIpc) is 2.68. The summed E-state index contributed by atoms with van der Waals surface area (Å²) in [6.45, 7) is 1.44. The first-order chi connectivity index (χ1) is 12.6. The highest BCUT2D eigenvalue weighted by Crippen LogP contribution is 2.39. The van der Waals surface area contributed by atoms with Gasteiger partial charge in [0, 0.05) is 6.92 Å². The van der Waals surface area contributed by atoms with Crippen LogP contribution in [0.15, 0.2) is 78.9 Å². The van der Waals surface area contributed by atoms with Crippen molar-refractivity contribution in [2.45, 2.75) is 12.5 Å². The number of nitrogens with one attached hydrogen (secondary N) is 1. The molecule has 0 aliphatic heterocycles. The molecule has 3 aromatic carbocycles. The van der Waals surface area contributed by atoms with Gasteiger partial charge in [0.2, 0.25) is 5.91 Å². The van der Waals surface area contributed by atoms with E-state index in [1.165, 1.54) is 14.0 Å². The molecule has 0 aliphatic rings. The number of amides is 1. The number of hydrogen-bond acceptors (Lipinski definition) is 3. The Kier molecular flexibility index (Phi) is 5.05. The number of hydrogen-bond donors (Lipinski definition) is 2. The van der Waals surface area contributed by atoms with Crippen LogP contribution < -0.4 is 10.1 Å². The molecule has 26 heavy (non-hydrogen) atoms. The van der Waals surface area contributed by atoms with E-state index in [0.717, 1.165) is 11.1 Å². The Bertz CT molecular complexity index is 852. The molecular formula is C22H21NO3. The Morgan fingerprint density at radius 2 is 1.42 bits per heavy atom. The van der Waals surface area contributed by atoms with E-state index in [1.807, 2.05) is 60.7 Å². The van der Waals surface area contributed by atoms with Crippen molar-refractivity contribution < 1.29 is 14.6 Å². The molecule has 3 aromatic rings. The number of carbonyl (C=O) groups is 1. The standard InChI is InChI=1S/C22H21NO3/c1-16(24)23-20-14-13-19(15-21(20)26-2)22(25,17-9-5-3-6-10-17)18-11-7-4-8-12-18/h3-15,25H,1-2H3,(H,23,24). The Morgan fingerprint density at radius 3 is 1.88 bits per heavy atom. The smallest absolute Gasteiger partial charge is 0.221 e. The van der Waals surface area contributed by atoms with Gasteiger partial charge < -0.3 is 15.2 Å². The molecule has 0 heterocycles. The van der Waals surface area contributed by atoms with Crippen LogP contribution >= 0.6 is 0 Å². The maximum absolute atomic E-state index is 11.8. The molecule has 1 amide bonds. The van der Waals surface area contributed by atoms with Gasteiger partial charge in [-0.3, -0.25) is 4.79 Å². The van der Waals surface area contributed by atoms with E-state index in [2.05, 4.69) is 5.32 Å². The third kappa shape index (κ3) is 3.32. The third-order valence-corrected chi connectivity index (χ3v) is 4.31. The zero-order valence-corrected chi connectivity index (χ0v) is 14.8. The van der Waals surface area contributed by atoms with Gasteiger partial charge >= 0.3 is 0 Å². The van der Waals surface area contributed by atoms with E-state index in [-0.39, 0.29) is 5.91 Å². The molecule has 4 heteroatoms. The van der Waals surface area contributed by atoms with Crippen molar-refractivity contribution in [3.8, 4) is 5.75 Å². The van der Waals surface area contributed by atoms with Gasteiger partial charge in [-0.1, -0.05) is 66.7 Å². The Labute approximate surface area is 153 Å². The Morgan fingerprint density at radius 1 is 0.885 bits per heavy atom. The highest BCUT2D eigenvalue weighted by Gasteiger charge is 2.34. The predicted molar refractivity (Wildman–Crippen MR) is 102 cm³/mol. The Balaban J connectivity index is 2.19. The zero-order valence-electron chi connectivity index (χ0n) is 14.8. The van der Waals surface area contributed by atoms with Gasteiger partial charge in [-0.15, -0.1) is 0 Å². The molecule has 4 nitrogen and oxygen atoms in total. The van der Waals surface area contributed by atoms with E-state index in [0.29, 0.717) is 17.0 Å². The quantitative estimate of drug-likeness (QED) is 0.688. The summed E-state index contributed by atoms with van der Waals surface area (Å²) in [6, 6.07) is 24.3. The van der Waals surface area contributed by atoms with Crippen LogP contribution in [0.4, 0.5) is 5.69 Å². The van der Waals surface area contributed by atoms with Crippen molar-refractivity contribution in [3.05, 3.63) is 95.6 Å². The second kappa shape index (κ2) is 7.42. The van der Waals surface area contributed by atoms with Crippen molar-refractivity contribution in [1.29, 1.82) is 0 Å². The fourth-order valence-corrected chi connectivity index (χ4v) is 3.07. The predicted octanol–water partition coefficient (Wildman–Crippen LogP) is 3.94. The Hall–Kier alpha value is -3.11. The minimum atomic E-state index is -1.34. The van der Waals surface area contributed by atoms with Crippen LogP contribution in [0.25, 0.3) is 0 Å². The fourth-order valence-electron chi connectivity index (χ4n) is 3.07. The maximum atomic E-state index is 11.8. The molecule has 2 N–H and O–H groups in total. The van der Waals surface area contributed by atoms with Crippen LogP contribution in [-0.4, -0.2) is 18.1 Å². The summed E-state index contributed by atoms with van der Waals surface area (Å²) in [5.74, 6) is 0.306. The minimum Gasteiger partial charge on any atom is -0.495 e. The van der Waals surface area contributed by atoms with Gasteiger partial charge in [-0.2, -0.15) is 0 Å². The summed E-state index contributed by atoms with van der Waals surface area (Å²) < 4.78 is 5.43. The monoisotopic (exact) mass is 347 g/mol. The molecule has 0 saturated heterocycles. The summed E-state index contributed by atoms with van der Waals surface area (Å²) in [4.78, 5) is 11.4. The summed E-state index contributed by atoms with van der Waals surface area (Å²) in [5.41, 5.74) is 1.37. The lowest BCUT2D eigenvalue weighted by atomic mass is 9.80. The average molecular weight is 347 g/mol. The van der Waals surface area contributed by atoms with Gasteiger partial charge in [0.25, 0.3) is 0 Å². The summed E-state index contributed by atoms with van der Waals surface area (Å²) in [7, 11) is 1.54. The van der Waals surface area contributed by atoms with Crippen molar-refractivity contribution in [1.82, 2.24) is 0 Å². The first kappa shape index (κ1) is 17.7. The van der Waals surface area contributed by atoms with Gasteiger partial charge in [0.15, 0.2) is 0 Å². The number of methoxy groups -OCH3 is 1. The normalized spacial score (nSPS) is 11.0. The van der Waals surface area contributed by atoms with E-state index in [4.69, 9.17) is 4.74 Å². The lowest BCUT2D eigenvalue weighted by Gasteiger charge is -2.30. The topological polar surface area (TPSA) is 58.6 Å². The number of anilines is 1. The molecule has 0 fully saturated rings. The first-order valence-corrected chi connectivity index (χ1v) is 8.35. The van der Waals surface area contributed by atoms with Gasteiger partial charge in [-0.05, 0) is 28.8 Å². The van der Waals surface area contributed by atoms with Gasteiger partial charge in [0.1, 0.15) is 11.4 Å². The highest BCUT2D eigenvalue weighted by atomic mass is 16.5. The van der Waals surface area contributed by atoms with Gasteiger partial charge in [-0.25, -0.2) is 0 Å². The highest BCUT2D eigenvalue weighted by molar-refractivity contribution is 5.90. The van der Waals surface area contributed by atoms with Crippen molar-refractivity contribution >= 4 is 11.6 Å². The molecule has 0 saturated carbocycles. The molecule has 0 radical (unpaired) electrons. The van der Waals surface area contributed by atoms with Crippen LogP contribution in [0, 0.1) is 0 Å². The number of ether oxygens (including phenoxy) is 1. The van der Waals surface area contributed by atoms with Crippen LogP contribution in [0.1, 0.15) is 23.6 Å². The summed E-state index contributed by atoms with van der Waals surface area (Å²) in [5, 5.41) is 14.5. The van der Waals surface area contributed by atoms with E-state index >= 15 is 0 Å². The van der Waals surface area contributed by atoms with E-state index < -0.39 is 5.60 Å². The molecule has 0 aromatic heterocycles. The third-order valence-electron chi connectivity index (χ3n) is 4.31. The molecule has 0 bridgehead atoms. The fraction of sp³-hybridized carbons (Fsp3) is 0.136. The van der Waals surface area contributed by atoms with Crippen LogP contribution in [0.3, 0.4) is 0 Å². The number of carbonyl (C=O) groups excluding carboxylic acids is 1. The minimum absolute atomic E-state index is 0.183. The van der Waals surface area contributed by atoms with Crippen LogP contribution in [0.5, 0.6) is 5.75 Å². The molecule has 0 aliphatic carbocycles. The number of benzene rings is 3. The lowest BCUT2D eigenvalue weighted by Crippen LogP contribution is -2.29. The SMILES string of the molecule is COc1cc(C(O)(c2ccccc2)c2ccccc2)ccc1NC(C)=O. The maximum Gasteiger partial charge on any atom is 0.221 e. The van der Waals surface area contributed by atoms with E-state index in [1.54, 1.807) is 18.2 Å². The molecule has 0 atom stereocenters. The molecule has 3 rings (SSSR count).